The summed E-state index contributed by atoms with van der Waals surface area (Å²) in [6.07, 6.45) is 0.509. The Labute approximate surface area is 103 Å². The third-order valence-electron chi connectivity index (χ3n) is 2.05. The Morgan fingerprint density at radius 1 is 1.47 bits per heavy atom. The lowest BCUT2D eigenvalue weighted by atomic mass is 10.1. The summed E-state index contributed by atoms with van der Waals surface area (Å²) in [6, 6.07) is 4.05. The van der Waals surface area contributed by atoms with E-state index in [9.17, 15) is 13.2 Å². The van der Waals surface area contributed by atoms with Gasteiger partial charge in [0.25, 0.3) is 9.05 Å². The molecule has 0 aromatic heterocycles. The van der Waals surface area contributed by atoms with Crippen LogP contribution in [0.3, 0.4) is 0 Å². The summed E-state index contributed by atoms with van der Waals surface area (Å²) in [5, 5.41) is 8.48. The van der Waals surface area contributed by atoms with Crippen LogP contribution in [0.1, 0.15) is 12.5 Å². The fourth-order valence-corrected chi connectivity index (χ4v) is 2.07. The van der Waals surface area contributed by atoms with Gasteiger partial charge in [-0.25, -0.2) is 13.2 Å². The van der Waals surface area contributed by atoms with Crippen molar-refractivity contribution in [2.75, 3.05) is 6.61 Å². The molecule has 1 rings (SSSR count). The molecular weight excluding hydrogens is 268 g/mol. The van der Waals surface area contributed by atoms with Crippen molar-refractivity contribution >= 4 is 25.7 Å². The molecule has 0 fully saturated rings. The Balaban J connectivity index is 3.06. The second-order valence-corrected chi connectivity index (χ2v) is 5.81. The highest BCUT2D eigenvalue weighted by Gasteiger charge is 2.13. The topological polar surface area (TPSA) is 80.7 Å². The van der Waals surface area contributed by atoms with Gasteiger partial charge in [0.15, 0.2) is 6.61 Å². The quantitative estimate of drug-likeness (QED) is 0.828. The number of aryl methyl sites for hydroxylation is 1. The average Bonchev–Trinajstić information content (AvgIpc) is 2.24. The summed E-state index contributed by atoms with van der Waals surface area (Å²) in [7, 11) is 1.42. The van der Waals surface area contributed by atoms with Gasteiger partial charge in [0, 0.05) is 10.7 Å². The van der Waals surface area contributed by atoms with Gasteiger partial charge in [0.2, 0.25) is 0 Å². The molecular formula is C10H11ClO5S. The van der Waals surface area contributed by atoms with Crippen LogP contribution in [-0.4, -0.2) is 26.1 Å². The minimum Gasteiger partial charge on any atom is -0.482 e. The van der Waals surface area contributed by atoms with Crippen molar-refractivity contribution in [1.29, 1.82) is 0 Å². The number of ether oxygens (including phenoxy) is 1. The second-order valence-electron chi connectivity index (χ2n) is 3.24. The molecule has 0 saturated heterocycles. The van der Waals surface area contributed by atoms with E-state index in [4.69, 9.17) is 20.5 Å². The minimum atomic E-state index is -3.78. The largest absolute Gasteiger partial charge is 0.482 e. The molecule has 0 spiro atoms. The highest BCUT2D eigenvalue weighted by Crippen LogP contribution is 2.25. The van der Waals surface area contributed by atoms with Crippen molar-refractivity contribution < 1.29 is 23.1 Å². The fourth-order valence-electron chi connectivity index (χ4n) is 1.26. The Morgan fingerprint density at radius 2 is 2.12 bits per heavy atom. The average molecular weight is 279 g/mol. The van der Waals surface area contributed by atoms with Crippen LogP contribution in [-0.2, 0) is 20.3 Å². The SMILES string of the molecule is CCc1cc(S(=O)(=O)Cl)ccc1OCC(=O)O. The van der Waals surface area contributed by atoms with Crippen LogP contribution in [0.4, 0.5) is 0 Å². The molecule has 0 amide bonds. The van der Waals surface area contributed by atoms with Crippen molar-refractivity contribution in [3.05, 3.63) is 23.8 Å². The van der Waals surface area contributed by atoms with E-state index < -0.39 is 21.6 Å². The van der Waals surface area contributed by atoms with Gasteiger partial charge in [0.05, 0.1) is 4.90 Å². The number of hydrogen-bond donors (Lipinski definition) is 1. The molecule has 94 valence electrons. The maximum atomic E-state index is 11.1. The van der Waals surface area contributed by atoms with Crippen molar-refractivity contribution in [2.24, 2.45) is 0 Å². The van der Waals surface area contributed by atoms with Gasteiger partial charge in [-0.05, 0) is 30.2 Å². The Bertz CT molecular complexity index is 523. The number of aliphatic carboxylic acids is 1. The van der Waals surface area contributed by atoms with E-state index >= 15 is 0 Å². The Morgan fingerprint density at radius 3 is 2.59 bits per heavy atom. The van der Waals surface area contributed by atoms with Gasteiger partial charge >= 0.3 is 5.97 Å². The molecule has 0 radical (unpaired) electrons. The number of carbonyl (C=O) groups is 1. The zero-order valence-corrected chi connectivity index (χ0v) is 10.6. The van der Waals surface area contributed by atoms with Gasteiger partial charge < -0.3 is 9.84 Å². The molecule has 7 heteroatoms. The lowest BCUT2D eigenvalue weighted by molar-refractivity contribution is -0.139. The lowest BCUT2D eigenvalue weighted by Crippen LogP contribution is -2.10. The van der Waals surface area contributed by atoms with Crippen LogP contribution >= 0.6 is 10.7 Å². The molecule has 1 N–H and O–H groups in total. The first-order valence-corrected chi connectivity index (χ1v) is 7.07. The number of hydrogen-bond acceptors (Lipinski definition) is 4. The van der Waals surface area contributed by atoms with Crippen LogP contribution in [0.15, 0.2) is 23.1 Å². The van der Waals surface area contributed by atoms with Gasteiger partial charge in [-0.1, -0.05) is 6.92 Å². The van der Waals surface area contributed by atoms with Crippen LogP contribution in [0.5, 0.6) is 5.75 Å². The van der Waals surface area contributed by atoms with Crippen LogP contribution < -0.4 is 4.74 Å². The monoisotopic (exact) mass is 278 g/mol. The number of carboxylic acid groups (broad SMARTS) is 1. The van der Waals surface area contributed by atoms with E-state index in [1.807, 2.05) is 0 Å². The predicted octanol–water partition coefficient (Wildman–Crippen LogP) is 1.64. The van der Waals surface area contributed by atoms with Gasteiger partial charge in [0.1, 0.15) is 5.75 Å². The highest BCUT2D eigenvalue weighted by atomic mass is 35.7. The van der Waals surface area contributed by atoms with Gasteiger partial charge in [-0.2, -0.15) is 0 Å². The summed E-state index contributed by atoms with van der Waals surface area (Å²) in [5.74, 6) is -0.750. The maximum absolute atomic E-state index is 11.1. The van der Waals surface area contributed by atoms with E-state index in [-0.39, 0.29) is 4.90 Å². The molecule has 0 heterocycles. The summed E-state index contributed by atoms with van der Waals surface area (Å²) in [6.45, 7) is 1.33. The first-order valence-electron chi connectivity index (χ1n) is 4.76. The summed E-state index contributed by atoms with van der Waals surface area (Å²) >= 11 is 0. The number of halogens is 1. The number of rotatable bonds is 5. The maximum Gasteiger partial charge on any atom is 0.341 e. The molecule has 0 saturated carbocycles. The third-order valence-corrected chi connectivity index (χ3v) is 3.40. The molecule has 0 aliphatic carbocycles. The lowest BCUT2D eigenvalue weighted by Gasteiger charge is -2.09. The number of benzene rings is 1. The van der Waals surface area contributed by atoms with E-state index in [0.717, 1.165) is 0 Å². The summed E-state index contributed by atoms with van der Waals surface area (Å²) in [4.78, 5) is 10.3. The predicted molar refractivity (Wildman–Crippen MR) is 62.0 cm³/mol. The Kier molecular flexibility index (Phi) is 4.36. The van der Waals surface area contributed by atoms with Crippen molar-refractivity contribution in [1.82, 2.24) is 0 Å². The fraction of sp³-hybridized carbons (Fsp3) is 0.300. The normalized spacial score (nSPS) is 11.2. The van der Waals surface area contributed by atoms with Crippen molar-refractivity contribution in [2.45, 2.75) is 18.2 Å². The minimum absolute atomic E-state index is 0.0290. The van der Waals surface area contributed by atoms with Gasteiger partial charge in [-0.3, -0.25) is 0 Å². The summed E-state index contributed by atoms with van der Waals surface area (Å²) in [5.41, 5.74) is 0.591. The van der Waals surface area contributed by atoms with Crippen LogP contribution in [0.25, 0.3) is 0 Å². The molecule has 0 aliphatic rings. The first-order chi connectivity index (χ1) is 7.84. The zero-order chi connectivity index (χ0) is 13.1. The molecule has 0 atom stereocenters. The molecule has 5 nitrogen and oxygen atoms in total. The number of carboxylic acids is 1. The molecule has 1 aromatic carbocycles. The smallest absolute Gasteiger partial charge is 0.341 e. The van der Waals surface area contributed by atoms with E-state index in [1.165, 1.54) is 18.2 Å². The van der Waals surface area contributed by atoms with Crippen LogP contribution in [0.2, 0.25) is 0 Å². The molecule has 0 bridgehead atoms. The molecule has 0 unspecified atom stereocenters. The van der Waals surface area contributed by atoms with E-state index in [1.54, 1.807) is 6.92 Å². The summed E-state index contributed by atoms with van der Waals surface area (Å²) < 4.78 is 27.2. The van der Waals surface area contributed by atoms with E-state index in [0.29, 0.717) is 17.7 Å². The van der Waals surface area contributed by atoms with Crippen molar-refractivity contribution in [3.63, 3.8) is 0 Å². The van der Waals surface area contributed by atoms with Gasteiger partial charge in [-0.15, -0.1) is 0 Å². The third kappa shape index (κ3) is 3.90. The highest BCUT2D eigenvalue weighted by molar-refractivity contribution is 8.13. The zero-order valence-electron chi connectivity index (χ0n) is 9.01. The van der Waals surface area contributed by atoms with E-state index in [2.05, 4.69) is 0 Å². The molecule has 17 heavy (non-hydrogen) atoms. The standard InChI is InChI=1S/C10H11ClO5S/c1-2-7-5-8(17(11,14)15)3-4-9(7)16-6-10(12)13/h3-5H,2,6H2,1H3,(H,12,13). The van der Waals surface area contributed by atoms with Crippen molar-refractivity contribution in [3.8, 4) is 5.75 Å². The second kappa shape index (κ2) is 5.37. The first kappa shape index (κ1) is 13.8. The molecule has 0 aliphatic heterocycles. The molecule has 1 aromatic rings. The Hall–Kier alpha value is -1.27. The van der Waals surface area contributed by atoms with Crippen LogP contribution in [0, 0.1) is 0 Å².